The molecular formula is C12H14ClF2IN2O. The SMILES string of the molecule is C[C@H]1CN(C(=O)c2cc(I)c(F)cc2F)CCN1.Cl. The molecule has 7 heteroatoms. The number of amides is 1. The van der Waals surface area contributed by atoms with Crippen LogP contribution in [0.15, 0.2) is 12.1 Å². The second-order valence-electron chi connectivity index (χ2n) is 4.35. The van der Waals surface area contributed by atoms with Crippen LogP contribution in [0.1, 0.15) is 17.3 Å². The number of benzene rings is 1. The molecule has 0 aliphatic carbocycles. The Kier molecular flexibility index (Phi) is 5.94. The van der Waals surface area contributed by atoms with E-state index in [9.17, 15) is 13.6 Å². The number of nitrogens with one attached hydrogen (secondary N) is 1. The van der Waals surface area contributed by atoms with Crippen LogP contribution in [0, 0.1) is 15.2 Å². The third-order valence-corrected chi connectivity index (χ3v) is 3.72. The quantitative estimate of drug-likeness (QED) is 0.578. The van der Waals surface area contributed by atoms with E-state index in [0.29, 0.717) is 19.6 Å². The van der Waals surface area contributed by atoms with Crippen molar-refractivity contribution in [3.05, 3.63) is 32.9 Å². The summed E-state index contributed by atoms with van der Waals surface area (Å²) in [5, 5.41) is 3.20. The minimum atomic E-state index is -0.802. The molecule has 1 aromatic carbocycles. The lowest BCUT2D eigenvalue weighted by molar-refractivity contribution is 0.0704. The van der Waals surface area contributed by atoms with E-state index in [-0.39, 0.29) is 33.5 Å². The van der Waals surface area contributed by atoms with Gasteiger partial charge in [0.15, 0.2) is 0 Å². The first-order valence-electron chi connectivity index (χ1n) is 5.66. The van der Waals surface area contributed by atoms with Crippen LogP contribution in [-0.4, -0.2) is 36.5 Å². The highest BCUT2D eigenvalue weighted by Crippen LogP contribution is 2.19. The monoisotopic (exact) mass is 402 g/mol. The fourth-order valence-corrected chi connectivity index (χ4v) is 2.44. The smallest absolute Gasteiger partial charge is 0.256 e. The summed E-state index contributed by atoms with van der Waals surface area (Å²) in [6.07, 6.45) is 0. The van der Waals surface area contributed by atoms with E-state index >= 15 is 0 Å². The zero-order valence-corrected chi connectivity index (χ0v) is 13.2. The van der Waals surface area contributed by atoms with Crippen molar-refractivity contribution in [3.8, 4) is 0 Å². The molecule has 1 heterocycles. The summed E-state index contributed by atoms with van der Waals surface area (Å²) in [6.45, 7) is 3.72. The van der Waals surface area contributed by atoms with Gasteiger partial charge in [0.2, 0.25) is 0 Å². The first-order chi connectivity index (χ1) is 8.49. The Morgan fingerprint density at radius 2 is 2.11 bits per heavy atom. The van der Waals surface area contributed by atoms with Gasteiger partial charge in [-0.3, -0.25) is 4.79 Å². The highest BCUT2D eigenvalue weighted by atomic mass is 127. The van der Waals surface area contributed by atoms with Gasteiger partial charge in [-0.15, -0.1) is 12.4 Å². The Morgan fingerprint density at radius 3 is 2.74 bits per heavy atom. The minimum Gasteiger partial charge on any atom is -0.336 e. The lowest BCUT2D eigenvalue weighted by Gasteiger charge is -2.32. The highest BCUT2D eigenvalue weighted by molar-refractivity contribution is 14.1. The predicted octanol–water partition coefficient (Wildman–Crippen LogP) is 2.43. The molecule has 0 radical (unpaired) electrons. The van der Waals surface area contributed by atoms with Crippen molar-refractivity contribution >= 4 is 40.9 Å². The maximum absolute atomic E-state index is 13.6. The summed E-state index contributed by atoms with van der Waals surface area (Å²) in [5.41, 5.74) is -0.0603. The minimum absolute atomic E-state index is 0. The molecule has 1 aliphatic rings. The van der Waals surface area contributed by atoms with Crippen LogP contribution in [0.2, 0.25) is 0 Å². The fraction of sp³-hybridized carbons (Fsp3) is 0.417. The van der Waals surface area contributed by atoms with Gasteiger partial charge in [-0.2, -0.15) is 0 Å². The molecule has 19 heavy (non-hydrogen) atoms. The van der Waals surface area contributed by atoms with Gasteiger partial charge in [0.1, 0.15) is 11.6 Å². The Hall–Kier alpha value is -0.470. The Morgan fingerprint density at radius 1 is 1.42 bits per heavy atom. The molecule has 3 nitrogen and oxygen atoms in total. The molecule has 0 spiro atoms. The van der Waals surface area contributed by atoms with Crippen LogP contribution in [0.4, 0.5) is 8.78 Å². The molecule has 1 atom stereocenters. The highest BCUT2D eigenvalue weighted by Gasteiger charge is 2.24. The van der Waals surface area contributed by atoms with E-state index in [4.69, 9.17) is 0 Å². The second-order valence-corrected chi connectivity index (χ2v) is 5.51. The average molecular weight is 403 g/mol. The van der Waals surface area contributed by atoms with Crippen molar-refractivity contribution < 1.29 is 13.6 Å². The molecule has 1 saturated heterocycles. The van der Waals surface area contributed by atoms with E-state index < -0.39 is 11.6 Å². The maximum atomic E-state index is 13.6. The number of piperazine rings is 1. The molecular weight excluding hydrogens is 388 g/mol. The number of hydrogen-bond donors (Lipinski definition) is 1. The van der Waals surface area contributed by atoms with E-state index in [1.165, 1.54) is 6.07 Å². The standard InChI is InChI=1S/C12H13F2IN2O.ClH/c1-7-6-17(3-2-16-7)12(18)8-4-11(15)10(14)5-9(8)13;/h4-5,7,16H,2-3,6H2,1H3;1H/t7-;/m0./s1. The molecule has 1 N–H and O–H groups in total. The molecule has 1 aromatic rings. The first kappa shape index (κ1) is 16.6. The van der Waals surface area contributed by atoms with Gasteiger partial charge in [-0.1, -0.05) is 0 Å². The molecule has 0 unspecified atom stereocenters. The third kappa shape index (κ3) is 3.76. The summed E-state index contributed by atoms with van der Waals surface area (Å²) in [7, 11) is 0. The van der Waals surface area contributed by atoms with Crippen LogP contribution in [0.3, 0.4) is 0 Å². The van der Waals surface area contributed by atoms with Crippen LogP contribution in [0.25, 0.3) is 0 Å². The number of hydrogen-bond acceptors (Lipinski definition) is 2. The summed E-state index contributed by atoms with van der Waals surface area (Å²) in [6, 6.07) is 2.21. The van der Waals surface area contributed by atoms with Crippen molar-refractivity contribution in [1.82, 2.24) is 10.2 Å². The number of nitrogens with zero attached hydrogens (tertiary/aromatic N) is 1. The van der Waals surface area contributed by atoms with Gasteiger partial charge >= 0.3 is 0 Å². The summed E-state index contributed by atoms with van der Waals surface area (Å²) >= 11 is 1.75. The van der Waals surface area contributed by atoms with Gasteiger partial charge in [-0.05, 0) is 35.6 Å². The number of halogens is 4. The normalized spacial score (nSPS) is 18.9. The van der Waals surface area contributed by atoms with Crippen LogP contribution in [-0.2, 0) is 0 Å². The molecule has 106 valence electrons. The molecule has 0 bridgehead atoms. The molecule has 1 fully saturated rings. The van der Waals surface area contributed by atoms with Crippen molar-refractivity contribution in [2.45, 2.75) is 13.0 Å². The van der Waals surface area contributed by atoms with Gasteiger partial charge in [-0.25, -0.2) is 8.78 Å². The van der Waals surface area contributed by atoms with Crippen molar-refractivity contribution in [2.75, 3.05) is 19.6 Å². The number of rotatable bonds is 1. The summed E-state index contributed by atoms with van der Waals surface area (Å²) < 4.78 is 27.0. The maximum Gasteiger partial charge on any atom is 0.256 e. The molecule has 1 amide bonds. The van der Waals surface area contributed by atoms with E-state index in [2.05, 4.69) is 5.32 Å². The average Bonchev–Trinajstić information content (AvgIpc) is 2.33. The van der Waals surface area contributed by atoms with Crippen molar-refractivity contribution in [3.63, 3.8) is 0 Å². The second kappa shape index (κ2) is 6.81. The van der Waals surface area contributed by atoms with E-state index in [1.54, 1.807) is 27.5 Å². The fourth-order valence-electron chi connectivity index (χ4n) is 1.97. The topological polar surface area (TPSA) is 32.3 Å². The zero-order valence-electron chi connectivity index (χ0n) is 10.3. The summed E-state index contributed by atoms with van der Waals surface area (Å²) in [5.74, 6) is -1.82. The zero-order chi connectivity index (χ0) is 13.3. The largest absolute Gasteiger partial charge is 0.336 e. The number of carbonyl (C=O) groups is 1. The van der Waals surface area contributed by atoms with Gasteiger partial charge < -0.3 is 10.2 Å². The Labute approximate surface area is 130 Å². The molecule has 2 rings (SSSR count). The number of carbonyl (C=O) groups excluding carboxylic acids is 1. The van der Waals surface area contributed by atoms with Gasteiger partial charge in [0, 0.05) is 35.3 Å². The molecule has 0 aromatic heterocycles. The predicted molar refractivity (Wildman–Crippen MR) is 79.7 cm³/mol. The van der Waals surface area contributed by atoms with Crippen LogP contribution >= 0.6 is 35.0 Å². The third-order valence-electron chi connectivity index (χ3n) is 2.90. The van der Waals surface area contributed by atoms with Crippen LogP contribution in [0.5, 0.6) is 0 Å². The Bertz CT molecular complexity index is 487. The van der Waals surface area contributed by atoms with Crippen molar-refractivity contribution in [2.24, 2.45) is 0 Å². The lowest BCUT2D eigenvalue weighted by atomic mass is 10.1. The van der Waals surface area contributed by atoms with E-state index in [0.717, 1.165) is 6.07 Å². The lowest BCUT2D eigenvalue weighted by Crippen LogP contribution is -2.51. The van der Waals surface area contributed by atoms with E-state index in [1.807, 2.05) is 6.92 Å². The van der Waals surface area contributed by atoms with Gasteiger partial charge in [0.25, 0.3) is 5.91 Å². The Balaban J connectivity index is 0.00000180. The summed E-state index contributed by atoms with van der Waals surface area (Å²) in [4.78, 5) is 13.8. The van der Waals surface area contributed by atoms with Crippen LogP contribution < -0.4 is 5.32 Å². The van der Waals surface area contributed by atoms with Gasteiger partial charge in [0.05, 0.1) is 5.56 Å². The van der Waals surface area contributed by atoms with Crippen molar-refractivity contribution in [1.29, 1.82) is 0 Å². The molecule has 0 saturated carbocycles. The first-order valence-corrected chi connectivity index (χ1v) is 6.74. The molecule has 1 aliphatic heterocycles.